The standard InChI is InChI=1S/C11H12N2O5/c1-7(14)18-11(15)10(12)6-8-2-4-9(5-3-8)13(16)17/h2-5,10H,6,12H2,1H3/t10-/m0/s1. The molecule has 1 rings (SSSR count). The highest BCUT2D eigenvalue weighted by Crippen LogP contribution is 2.13. The molecule has 18 heavy (non-hydrogen) atoms. The van der Waals surface area contributed by atoms with E-state index in [1.165, 1.54) is 24.3 Å². The van der Waals surface area contributed by atoms with Crippen LogP contribution in [-0.4, -0.2) is 22.9 Å². The molecule has 0 aliphatic carbocycles. The van der Waals surface area contributed by atoms with Gasteiger partial charge in [0.2, 0.25) is 0 Å². The van der Waals surface area contributed by atoms with Crippen molar-refractivity contribution in [2.75, 3.05) is 0 Å². The number of carbonyl (C=O) groups excluding carboxylic acids is 2. The van der Waals surface area contributed by atoms with Crippen molar-refractivity contribution in [3.05, 3.63) is 39.9 Å². The summed E-state index contributed by atoms with van der Waals surface area (Å²) in [5.41, 5.74) is 6.14. The van der Waals surface area contributed by atoms with Gasteiger partial charge >= 0.3 is 11.9 Å². The molecule has 0 heterocycles. The van der Waals surface area contributed by atoms with Gasteiger partial charge in [0, 0.05) is 19.1 Å². The van der Waals surface area contributed by atoms with Crippen molar-refractivity contribution in [3.8, 4) is 0 Å². The summed E-state index contributed by atoms with van der Waals surface area (Å²) in [7, 11) is 0. The second-order valence-corrected chi connectivity index (χ2v) is 3.65. The molecule has 0 radical (unpaired) electrons. The first-order chi connectivity index (χ1) is 8.40. The Morgan fingerprint density at radius 3 is 2.39 bits per heavy atom. The number of hydrogen-bond donors (Lipinski definition) is 1. The summed E-state index contributed by atoms with van der Waals surface area (Å²) in [6.45, 7) is 1.11. The van der Waals surface area contributed by atoms with Crippen LogP contribution in [0.1, 0.15) is 12.5 Å². The summed E-state index contributed by atoms with van der Waals surface area (Å²) in [4.78, 5) is 31.7. The van der Waals surface area contributed by atoms with Crippen LogP contribution in [0.25, 0.3) is 0 Å². The normalized spacial score (nSPS) is 11.7. The summed E-state index contributed by atoms with van der Waals surface area (Å²) in [6.07, 6.45) is 0.143. The van der Waals surface area contributed by atoms with Crippen LogP contribution in [0.4, 0.5) is 5.69 Å². The number of nitro benzene ring substituents is 1. The number of carbonyl (C=O) groups is 2. The van der Waals surface area contributed by atoms with Crippen molar-refractivity contribution >= 4 is 17.6 Å². The van der Waals surface area contributed by atoms with Gasteiger partial charge in [-0.25, -0.2) is 4.79 Å². The van der Waals surface area contributed by atoms with Crippen molar-refractivity contribution in [1.29, 1.82) is 0 Å². The number of nitro groups is 1. The molecule has 7 nitrogen and oxygen atoms in total. The highest BCUT2D eigenvalue weighted by molar-refractivity contribution is 5.87. The zero-order valence-electron chi connectivity index (χ0n) is 9.66. The summed E-state index contributed by atoms with van der Waals surface area (Å²) >= 11 is 0. The highest BCUT2D eigenvalue weighted by Gasteiger charge is 2.17. The van der Waals surface area contributed by atoms with Gasteiger partial charge in [-0.15, -0.1) is 0 Å². The molecule has 0 fully saturated rings. The number of benzene rings is 1. The number of hydrogen-bond acceptors (Lipinski definition) is 6. The van der Waals surface area contributed by atoms with Crippen molar-refractivity contribution in [2.45, 2.75) is 19.4 Å². The molecule has 1 aromatic carbocycles. The third-order valence-corrected chi connectivity index (χ3v) is 2.15. The Kier molecular flexibility index (Phi) is 4.50. The van der Waals surface area contributed by atoms with Gasteiger partial charge in [-0.05, 0) is 12.0 Å². The second kappa shape index (κ2) is 5.87. The van der Waals surface area contributed by atoms with E-state index in [0.29, 0.717) is 5.56 Å². The van der Waals surface area contributed by atoms with E-state index < -0.39 is 22.9 Å². The SMILES string of the molecule is CC(=O)OC(=O)[C@@H](N)Cc1ccc([N+](=O)[O-])cc1. The summed E-state index contributed by atoms with van der Waals surface area (Å²) in [6, 6.07) is 4.66. The second-order valence-electron chi connectivity index (χ2n) is 3.65. The van der Waals surface area contributed by atoms with Crippen LogP contribution in [0.5, 0.6) is 0 Å². The Morgan fingerprint density at radius 2 is 1.94 bits per heavy atom. The van der Waals surface area contributed by atoms with E-state index in [4.69, 9.17) is 5.73 Å². The molecule has 0 aliphatic rings. The van der Waals surface area contributed by atoms with Gasteiger partial charge in [0.15, 0.2) is 0 Å². The molecule has 1 atom stereocenters. The predicted octanol–water partition coefficient (Wildman–Crippen LogP) is 0.554. The first-order valence-corrected chi connectivity index (χ1v) is 5.11. The Labute approximate surface area is 103 Å². The third-order valence-electron chi connectivity index (χ3n) is 2.15. The number of rotatable bonds is 4. The van der Waals surface area contributed by atoms with Gasteiger partial charge in [-0.1, -0.05) is 12.1 Å². The van der Waals surface area contributed by atoms with Gasteiger partial charge in [0.25, 0.3) is 5.69 Å². The minimum absolute atomic E-state index is 0.0429. The fraction of sp³-hybridized carbons (Fsp3) is 0.273. The van der Waals surface area contributed by atoms with Crippen LogP contribution in [0.3, 0.4) is 0 Å². The van der Waals surface area contributed by atoms with Crippen LogP contribution in [0.15, 0.2) is 24.3 Å². The first-order valence-electron chi connectivity index (χ1n) is 5.11. The lowest BCUT2D eigenvalue weighted by atomic mass is 10.1. The number of non-ortho nitro benzene ring substituents is 1. The summed E-state index contributed by atoms with van der Waals surface area (Å²) in [5, 5.41) is 10.4. The zero-order valence-corrected chi connectivity index (χ0v) is 9.66. The van der Waals surface area contributed by atoms with Crippen LogP contribution in [0, 0.1) is 10.1 Å². The topological polar surface area (TPSA) is 113 Å². The summed E-state index contributed by atoms with van der Waals surface area (Å²) in [5.74, 6) is -1.54. The van der Waals surface area contributed by atoms with Gasteiger partial charge in [-0.3, -0.25) is 14.9 Å². The van der Waals surface area contributed by atoms with Gasteiger partial charge in [0.05, 0.1) is 4.92 Å². The largest absolute Gasteiger partial charge is 0.392 e. The minimum Gasteiger partial charge on any atom is -0.392 e. The van der Waals surface area contributed by atoms with Crippen molar-refractivity contribution in [1.82, 2.24) is 0 Å². The number of ether oxygens (including phenoxy) is 1. The number of nitrogens with two attached hydrogens (primary N) is 1. The molecule has 0 saturated carbocycles. The molecule has 2 N–H and O–H groups in total. The average Bonchev–Trinajstić information content (AvgIpc) is 2.28. The third kappa shape index (κ3) is 3.95. The van der Waals surface area contributed by atoms with Gasteiger partial charge < -0.3 is 10.5 Å². The van der Waals surface area contributed by atoms with Crippen molar-refractivity contribution in [3.63, 3.8) is 0 Å². The van der Waals surface area contributed by atoms with Crippen LogP contribution < -0.4 is 5.73 Å². The maximum Gasteiger partial charge on any atom is 0.330 e. The maximum absolute atomic E-state index is 11.3. The Bertz CT molecular complexity index is 469. The molecular weight excluding hydrogens is 240 g/mol. The highest BCUT2D eigenvalue weighted by atomic mass is 16.6. The number of nitrogens with zero attached hydrogens (tertiary/aromatic N) is 1. The molecule has 0 spiro atoms. The summed E-state index contributed by atoms with van der Waals surface area (Å²) < 4.78 is 4.34. The predicted molar refractivity (Wildman–Crippen MR) is 61.5 cm³/mol. The van der Waals surface area contributed by atoms with Crippen LogP contribution in [0.2, 0.25) is 0 Å². The Morgan fingerprint density at radius 1 is 1.39 bits per heavy atom. The van der Waals surface area contributed by atoms with E-state index in [1.807, 2.05) is 0 Å². The molecule has 96 valence electrons. The molecule has 0 bridgehead atoms. The molecule has 1 aromatic rings. The molecule has 0 saturated heterocycles. The fourth-order valence-electron chi connectivity index (χ4n) is 1.31. The zero-order chi connectivity index (χ0) is 13.7. The molecular formula is C11H12N2O5. The quantitative estimate of drug-likeness (QED) is 0.362. The molecule has 0 unspecified atom stereocenters. The number of esters is 2. The van der Waals surface area contributed by atoms with E-state index in [9.17, 15) is 19.7 Å². The lowest BCUT2D eigenvalue weighted by Crippen LogP contribution is -2.35. The molecule has 7 heteroatoms. The maximum atomic E-state index is 11.3. The van der Waals surface area contributed by atoms with Gasteiger partial charge in [0.1, 0.15) is 6.04 Å². The smallest absolute Gasteiger partial charge is 0.330 e. The Balaban J connectivity index is 2.64. The molecule has 0 aromatic heterocycles. The van der Waals surface area contributed by atoms with Crippen LogP contribution >= 0.6 is 0 Å². The van der Waals surface area contributed by atoms with Crippen molar-refractivity contribution < 1.29 is 19.2 Å². The van der Waals surface area contributed by atoms with Gasteiger partial charge in [-0.2, -0.15) is 0 Å². The Hall–Kier alpha value is -2.28. The van der Waals surface area contributed by atoms with E-state index in [0.717, 1.165) is 6.92 Å². The molecule has 0 aliphatic heterocycles. The average molecular weight is 252 g/mol. The first kappa shape index (κ1) is 13.8. The monoisotopic (exact) mass is 252 g/mol. The van der Waals surface area contributed by atoms with Crippen molar-refractivity contribution in [2.24, 2.45) is 5.73 Å². The lowest BCUT2D eigenvalue weighted by molar-refractivity contribution is -0.384. The lowest BCUT2D eigenvalue weighted by Gasteiger charge is -2.09. The minimum atomic E-state index is -0.977. The van der Waals surface area contributed by atoms with E-state index in [-0.39, 0.29) is 12.1 Å². The fourth-order valence-corrected chi connectivity index (χ4v) is 1.31. The van der Waals surface area contributed by atoms with E-state index in [2.05, 4.69) is 4.74 Å². The molecule has 0 amide bonds. The van der Waals surface area contributed by atoms with Crippen LogP contribution in [-0.2, 0) is 20.7 Å². The van der Waals surface area contributed by atoms with E-state index in [1.54, 1.807) is 0 Å². The van der Waals surface area contributed by atoms with E-state index >= 15 is 0 Å².